The number of rotatable bonds is 10. The maximum absolute atomic E-state index is 13.0. The van der Waals surface area contributed by atoms with Crippen molar-refractivity contribution >= 4 is 62.6 Å². The quantitative estimate of drug-likeness (QED) is 0.139. The third kappa shape index (κ3) is 7.40. The maximum atomic E-state index is 13.0. The standard InChI is InChI=1S/C22H20N4O13S4/c1-13-21(22(27)26(25-13)16-4-6-17(7-5-16)40(28,29)9-8-39-43(36,37)38)24-23-15-3-2-14-10-18(41(30,31)32)12-20(19(14)11-15)42(33,34)35/h2-7,10-12,25H,8-9H2,1H3,(H,30,31,32)(H,33,34,35)(H,36,37,38). The largest absolute Gasteiger partial charge is 0.397 e. The molecule has 0 aliphatic rings. The molecule has 230 valence electrons. The highest BCUT2D eigenvalue weighted by molar-refractivity contribution is 7.91. The lowest BCUT2D eigenvalue weighted by molar-refractivity contribution is 0.284. The summed E-state index contributed by atoms with van der Waals surface area (Å²) in [7, 11) is -18.6. The Morgan fingerprint density at radius 2 is 1.47 bits per heavy atom. The van der Waals surface area contributed by atoms with Gasteiger partial charge in [-0.05, 0) is 60.8 Å². The van der Waals surface area contributed by atoms with Gasteiger partial charge in [-0.3, -0.25) is 23.6 Å². The molecule has 43 heavy (non-hydrogen) atoms. The molecule has 17 nitrogen and oxygen atoms in total. The summed E-state index contributed by atoms with van der Waals surface area (Å²) in [4.78, 5) is 11.2. The second kappa shape index (κ2) is 11.3. The lowest BCUT2D eigenvalue weighted by atomic mass is 10.1. The van der Waals surface area contributed by atoms with E-state index in [1.807, 2.05) is 0 Å². The first-order chi connectivity index (χ1) is 19.8. The number of nitrogens with one attached hydrogen (secondary N) is 1. The molecule has 0 fully saturated rings. The second-order valence-electron chi connectivity index (χ2n) is 8.77. The molecule has 0 atom stereocenters. The normalized spacial score (nSPS) is 13.2. The predicted octanol–water partition coefficient (Wildman–Crippen LogP) is 2.13. The molecule has 0 saturated carbocycles. The lowest BCUT2D eigenvalue weighted by Crippen LogP contribution is -2.16. The first-order valence-corrected chi connectivity index (χ1v) is 17.4. The van der Waals surface area contributed by atoms with Crippen LogP contribution in [-0.2, 0) is 44.7 Å². The fourth-order valence-electron chi connectivity index (χ4n) is 3.82. The van der Waals surface area contributed by atoms with Gasteiger partial charge in [-0.15, -0.1) is 5.11 Å². The maximum Gasteiger partial charge on any atom is 0.397 e. The van der Waals surface area contributed by atoms with Crippen LogP contribution in [0.25, 0.3) is 16.5 Å². The second-order valence-corrected chi connectivity index (χ2v) is 14.8. The Labute approximate surface area is 243 Å². The number of azo groups is 1. The number of H-pyrrole nitrogens is 1. The molecule has 1 heterocycles. The van der Waals surface area contributed by atoms with Gasteiger partial charge in [-0.25, -0.2) is 17.3 Å². The number of hydrogen-bond donors (Lipinski definition) is 4. The van der Waals surface area contributed by atoms with Crippen molar-refractivity contribution in [3.63, 3.8) is 0 Å². The zero-order valence-electron chi connectivity index (χ0n) is 21.5. The van der Waals surface area contributed by atoms with E-state index in [0.29, 0.717) is 6.07 Å². The van der Waals surface area contributed by atoms with Crippen molar-refractivity contribution < 1.29 is 51.5 Å². The van der Waals surface area contributed by atoms with E-state index < -0.39 is 68.2 Å². The third-order valence-electron chi connectivity index (χ3n) is 5.79. The first-order valence-electron chi connectivity index (χ1n) is 11.5. The summed E-state index contributed by atoms with van der Waals surface area (Å²) in [5.74, 6) is -0.750. The van der Waals surface area contributed by atoms with E-state index in [1.165, 1.54) is 31.2 Å². The number of aromatic amines is 1. The van der Waals surface area contributed by atoms with Gasteiger partial charge in [0.2, 0.25) is 0 Å². The van der Waals surface area contributed by atoms with Crippen molar-refractivity contribution in [1.29, 1.82) is 0 Å². The van der Waals surface area contributed by atoms with Crippen LogP contribution in [0.2, 0.25) is 0 Å². The van der Waals surface area contributed by atoms with Crippen LogP contribution in [0.4, 0.5) is 11.4 Å². The third-order valence-corrected chi connectivity index (χ3v) is 9.68. The smallest absolute Gasteiger partial charge is 0.293 e. The molecule has 4 aromatic rings. The van der Waals surface area contributed by atoms with E-state index in [2.05, 4.69) is 19.5 Å². The number of sulfone groups is 1. The zero-order chi connectivity index (χ0) is 32.0. The van der Waals surface area contributed by atoms with Gasteiger partial charge in [0.1, 0.15) is 4.90 Å². The Hall–Kier alpha value is -3.83. The summed E-state index contributed by atoms with van der Waals surface area (Å²) in [6.07, 6.45) is 0. The van der Waals surface area contributed by atoms with Gasteiger partial charge in [-0.1, -0.05) is 6.07 Å². The summed E-state index contributed by atoms with van der Waals surface area (Å²) < 4.78 is 125. The van der Waals surface area contributed by atoms with E-state index in [9.17, 15) is 47.6 Å². The highest BCUT2D eigenvalue weighted by Gasteiger charge is 2.21. The molecule has 0 spiro atoms. The van der Waals surface area contributed by atoms with Crippen LogP contribution in [-0.4, -0.2) is 69.5 Å². The van der Waals surface area contributed by atoms with Crippen molar-refractivity contribution in [2.75, 3.05) is 12.4 Å². The summed E-state index contributed by atoms with van der Waals surface area (Å²) in [5.41, 5.74) is -0.423. The number of hydrogen-bond acceptors (Lipinski definition) is 12. The number of fused-ring (bicyclic) bond motifs is 1. The Kier molecular flexibility index (Phi) is 8.47. The number of aromatic nitrogens is 2. The van der Waals surface area contributed by atoms with Crippen LogP contribution >= 0.6 is 0 Å². The highest BCUT2D eigenvalue weighted by atomic mass is 32.3. The molecule has 4 rings (SSSR count). The van der Waals surface area contributed by atoms with E-state index >= 15 is 0 Å². The van der Waals surface area contributed by atoms with Gasteiger partial charge in [-0.2, -0.15) is 30.4 Å². The van der Waals surface area contributed by atoms with Crippen molar-refractivity contribution in [2.45, 2.75) is 21.6 Å². The topological polar surface area (TPSA) is 269 Å². The summed E-state index contributed by atoms with van der Waals surface area (Å²) in [6.45, 7) is 0.681. The van der Waals surface area contributed by atoms with Crippen molar-refractivity contribution in [2.24, 2.45) is 10.2 Å². The average Bonchev–Trinajstić information content (AvgIpc) is 3.17. The van der Waals surface area contributed by atoms with Gasteiger partial charge in [0.05, 0.1) is 39.2 Å². The fourth-order valence-corrected chi connectivity index (χ4v) is 6.66. The first kappa shape index (κ1) is 32.1. The summed E-state index contributed by atoms with van der Waals surface area (Å²) >= 11 is 0. The Bertz CT molecular complexity index is 2270. The number of aryl methyl sites for hydroxylation is 1. The predicted molar refractivity (Wildman–Crippen MR) is 148 cm³/mol. The average molecular weight is 677 g/mol. The van der Waals surface area contributed by atoms with Gasteiger partial charge >= 0.3 is 10.4 Å². The Morgan fingerprint density at radius 3 is 2.05 bits per heavy atom. The summed E-state index contributed by atoms with van der Waals surface area (Å²) in [5, 5.41) is 10.5. The molecular formula is C22H20N4O13S4. The Morgan fingerprint density at radius 1 is 0.814 bits per heavy atom. The lowest BCUT2D eigenvalue weighted by Gasteiger charge is -2.07. The molecule has 0 bridgehead atoms. The molecule has 4 N–H and O–H groups in total. The van der Waals surface area contributed by atoms with E-state index in [4.69, 9.17) is 4.55 Å². The zero-order valence-corrected chi connectivity index (χ0v) is 24.8. The van der Waals surface area contributed by atoms with E-state index in [-0.39, 0.29) is 38.4 Å². The highest BCUT2D eigenvalue weighted by Crippen LogP contribution is 2.31. The molecule has 0 aliphatic heterocycles. The molecule has 21 heteroatoms. The van der Waals surface area contributed by atoms with Crippen molar-refractivity contribution in [3.05, 3.63) is 70.6 Å². The van der Waals surface area contributed by atoms with Crippen molar-refractivity contribution in [1.82, 2.24) is 9.78 Å². The van der Waals surface area contributed by atoms with E-state index in [1.54, 1.807) is 0 Å². The van der Waals surface area contributed by atoms with Crippen LogP contribution in [0.15, 0.2) is 84.3 Å². The Balaban J connectivity index is 1.64. The van der Waals surface area contributed by atoms with Crippen LogP contribution in [0.3, 0.4) is 0 Å². The SMILES string of the molecule is Cc1[nH]n(-c2ccc(S(=O)(=O)CCOS(=O)(=O)O)cc2)c(=O)c1N=Nc1ccc2cc(S(=O)(=O)O)cc(S(=O)(=O)O)c2c1. The number of benzene rings is 3. The van der Waals surface area contributed by atoms with Crippen LogP contribution < -0.4 is 5.56 Å². The van der Waals surface area contributed by atoms with Crippen LogP contribution in [0.1, 0.15) is 5.69 Å². The monoisotopic (exact) mass is 676 g/mol. The van der Waals surface area contributed by atoms with Crippen LogP contribution in [0, 0.1) is 6.92 Å². The molecule has 0 aliphatic carbocycles. The van der Waals surface area contributed by atoms with E-state index in [0.717, 1.165) is 28.9 Å². The molecule has 1 aromatic heterocycles. The molecule has 3 aromatic carbocycles. The molecule has 0 radical (unpaired) electrons. The minimum Gasteiger partial charge on any atom is -0.293 e. The minimum absolute atomic E-state index is 0.0103. The molecular weight excluding hydrogens is 657 g/mol. The minimum atomic E-state index is -4.94. The molecule has 0 saturated heterocycles. The summed E-state index contributed by atoms with van der Waals surface area (Å²) in [6, 6.07) is 10.2. The van der Waals surface area contributed by atoms with Crippen molar-refractivity contribution in [3.8, 4) is 5.69 Å². The van der Waals surface area contributed by atoms with Gasteiger partial charge in [0, 0.05) is 5.39 Å². The number of nitrogens with zero attached hydrogens (tertiary/aromatic N) is 3. The molecule has 0 unspecified atom stereocenters. The van der Waals surface area contributed by atoms with Gasteiger partial charge in [0.25, 0.3) is 25.8 Å². The van der Waals surface area contributed by atoms with Gasteiger partial charge in [0.15, 0.2) is 15.5 Å². The van der Waals surface area contributed by atoms with Gasteiger partial charge < -0.3 is 0 Å². The fraction of sp³-hybridized carbons (Fsp3) is 0.136. The van der Waals surface area contributed by atoms with Crippen LogP contribution in [0.5, 0.6) is 0 Å². The molecule has 0 amide bonds.